The number of guanidine groups is 1. The van der Waals surface area contributed by atoms with Crippen molar-refractivity contribution in [1.29, 1.82) is 0 Å². The number of nitrogens with zero attached hydrogens (tertiary/aromatic N) is 3. The lowest BCUT2D eigenvalue weighted by Crippen LogP contribution is -2.39. The fourth-order valence-corrected chi connectivity index (χ4v) is 2.21. The van der Waals surface area contributed by atoms with Gasteiger partial charge in [-0.2, -0.15) is 0 Å². The van der Waals surface area contributed by atoms with E-state index in [1.54, 1.807) is 6.26 Å². The van der Waals surface area contributed by atoms with Crippen LogP contribution in [0.3, 0.4) is 0 Å². The summed E-state index contributed by atoms with van der Waals surface area (Å²) >= 11 is 0. The van der Waals surface area contributed by atoms with E-state index >= 15 is 0 Å². The molecule has 6 nitrogen and oxygen atoms in total. The van der Waals surface area contributed by atoms with Gasteiger partial charge in [0.05, 0.1) is 19.7 Å². The third-order valence-electron chi connectivity index (χ3n) is 3.50. The monoisotopic (exact) mass is 408 g/mol. The Morgan fingerprint density at radius 3 is 2.95 bits per heavy atom. The third-order valence-corrected chi connectivity index (χ3v) is 3.50. The Balaban J connectivity index is 0.00000220. The molecule has 0 aliphatic carbocycles. The molecular formula is C14H25IN4O2. The molecule has 1 aliphatic heterocycles. The summed E-state index contributed by atoms with van der Waals surface area (Å²) < 4.78 is 10.3. The van der Waals surface area contributed by atoms with Crippen LogP contribution in [-0.2, 0) is 11.3 Å². The highest BCUT2D eigenvalue weighted by atomic mass is 127. The molecule has 2 rings (SSSR count). The molecule has 1 N–H and O–H groups in total. The van der Waals surface area contributed by atoms with Gasteiger partial charge in [-0.1, -0.05) is 12.1 Å². The first-order valence-corrected chi connectivity index (χ1v) is 7.09. The minimum Gasteiger partial charge on any atom is -0.381 e. The van der Waals surface area contributed by atoms with E-state index in [1.165, 1.54) is 0 Å². The molecule has 1 saturated heterocycles. The Kier molecular flexibility index (Phi) is 7.44. The molecule has 0 radical (unpaired) electrons. The van der Waals surface area contributed by atoms with Gasteiger partial charge in [0.1, 0.15) is 12.0 Å². The maximum absolute atomic E-state index is 5.47. The molecule has 1 aromatic heterocycles. The zero-order valence-electron chi connectivity index (χ0n) is 13.0. The molecular weight excluding hydrogens is 383 g/mol. The second-order valence-electron chi connectivity index (χ2n) is 5.63. The molecule has 2 heterocycles. The fourth-order valence-electron chi connectivity index (χ4n) is 2.21. The number of hydrogen-bond donors (Lipinski definition) is 1. The van der Waals surface area contributed by atoms with Crippen molar-refractivity contribution in [2.75, 3.05) is 33.4 Å². The van der Waals surface area contributed by atoms with Crippen LogP contribution in [0.15, 0.2) is 21.8 Å². The van der Waals surface area contributed by atoms with Crippen molar-refractivity contribution in [3.63, 3.8) is 0 Å². The molecule has 120 valence electrons. The number of hydrogen-bond acceptors (Lipinski definition) is 4. The van der Waals surface area contributed by atoms with Gasteiger partial charge in [0, 0.05) is 31.7 Å². The third kappa shape index (κ3) is 5.46. The van der Waals surface area contributed by atoms with Gasteiger partial charge < -0.3 is 19.5 Å². The van der Waals surface area contributed by atoms with E-state index in [1.807, 2.05) is 13.1 Å². The Bertz CT molecular complexity index is 430. The average Bonchev–Trinajstić information content (AvgIpc) is 3.06. The fraction of sp³-hybridized carbons (Fsp3) is 0.714. The lowest BCUT2D eigenvalue weighted by molar-refractivity contribution is 0.162. The Hall–Kier alpha value is -0.830. The second kappa shape index (κ2) is 8.57. The van der Waals surface area contributed by atoms with Crippen molar-refractivity contribution in [3.05, 3.63) is 18.0 Å². The van der Waals surface area contributed by atoms with Crippen LogP contribution < -0.4 is 5.32 Å². The number of nitrogens with one attached hydrogen (secondary N) is 1. The molecule has 0 aromatic carbocycles. The predicted molar refractivity (Wildman–Crippen MR) is 92.9 cm³/mol. The molecule has 1 fully saturated rings. The van der Waals surface area contributed by atoms with Gasteiger partial charge in [0.25, 0.3) is 0 Å². The minimum absolute atomic E-state index is 0. The van der Waals surface area contributed by atoms with Crippen LogP contribution in [-0.4, -0.2) is 49.4 Å². The summed E-state index contributed by atoms with van der Waals surface area (Å²) in [7, 11) is 2.00. The van der Waals surface area contributed by atoms with Gasteiger partial charge in [0.15, 0.2) is 5.96 Å². The van der Waals surface area contributed by atoms with E-state index in [-0.39, 0.29) is 29.4 Å². The smallest absolute Gasteiger partial charge is 0.194 e. The van der Waals surface area contributed by atoms with Crippen LogP contribution in [0.2, 0.25) is 0 Å². The molecule has 1 atom stereocenters. The quantitative estimate of drug-likeness (QED) is 0.460. The predicted octanol–water partition coefficient (Wildman–Crippen LogP) is 2.12. The summed E-state index contributed by atoms with van der Waals surface area (Å²) in [6.07, 6.45) is 2.66. The highest BCUT2D eigenvalue weighted by Crippen LogP contribution is 2.27. The van der Waals surface area contributed by atoms with Crippen LogP contribution in [0.1, 0.15) is 26.0 Å². The van der Waals surface area contributed by atoms with E-state index < -0.39 is 0 Å². The van der Waals surface area contributed by atoms with E-state index in [9.17, 15) is 0 Å². The molecule has 21 heavy (non-hydrogen) atoms. The van der Waals surface area contributed by atoms with Crippen molar-refractivity contribution >= 4 is 29.9 Å². The molecule has 1 aliphatic rings. The van der Waals surface area contributed by atoms with Crippen molar-refractivity contribution in [2.45, 2.75) is 26.8 Å². The van der Waals surface area contributed by atoms with Crippen molar-refractivity contribution in [1.82, 2.24) is 15.4 Å². The normalized spacial score (nSPS) is 22.0. The molecule has 0 spiro atoms. The topological polar surface area (TPSA) is 62.9 Å². The molecule has 0 bridgehead atoms. The molecule has 0 saturated carbocycles. The summed E-state index contributed by atoms with van der Waals surface area (Å²) in [6, 6.07) is 1.87. The maximum atomic E-state index is 5.47. The number of rotatable bonds is 5. The minimum atomic E-state index is 0. The van der Waals surface area contributed by atoms with Crippen molar-refractivity contribution in [3.8, 4) is 0 Å². The Labute approximate surface area is 143 Å². The lowest BCUT2D eigenvalue weighted by Gasteiger charge is -2.24. The Morgan fingerprint density at radius 1 is 1.57 bits per heavy atom. The number of aromatic nitrogens is 1. The van der Waals surface area contributed by atoms with Gasteiger partial charge in [-0.15, -0.1) is 24.0 Å². The van der Waals surface area contributed by atoms with E-state index in [2.05, 4.69) is 29.2 Å². The van der Waals surface area contributed by atoms with Crippen LogP contribution in [0.5, 0.6) is 0 Å². The zero-order chi connectivity index (χ0) is 14.4. The van der Waals surface area contributed by atoms with Gasteiger partial charge in [-0.25, -0.2) is 0 Å². The van der Waals surface area contributed by atoms with Crippen LogP contribution in [0.25, 0.3) is 0 Å². The lowest BCUT2D eigenvalue weighted by atomic mass is 9.90. The molecule has 1 aromatic rings. The van der Waals surface area contributed by atoms with Gasteiger partial charge in [-0.05, 0) is 13.3 Å². The van der Waals surface area contributed by atoms with Crippen LogP contribution >= 0.6 is 24.0 Å². The zero-order valence-corrected chi connectivity index (χ0v) is 15.3. The van der Waals surface area contributed by atoms with Crippen molar-refractivity contribution < 1.29 is 9.26 Å². The van der Waals surface area contributed by atoms with E-state index in [0.717, 1.165) is 44.4 Å². The molecule has 1 unspecified atom stereocenters. The second-order valence-corrected chi connectivity index (χ2v) is 5.63. The summed E-state index contributed by atoms with van der Waals surface area (Å²) in [6.45, 7) is 8.23. The molecule has 7 heteroatoms. The summed E-state index contributed by atoms with van der Waals surface area (Å²) in [5, 5.41) is 7.24. The average molecular weight is 408 g/mol. The van der Waals surface area contributed by atoms with Gasteiger partial charge in [-0.3, -0.25) is 4.99 Å². The van der Waals surface area contributed by atoms with Crippen LogP contribution in [0.4, 0.5) is 0 Å². The summed E-state index contributed by atoms with van der Waals surface area (Å²) in [4.78, 5) is 6.80. The summed E-state index contributed by atoms with van der Waals surface area (Å²) in [5.74, 6) is 0.892. The van der Waals surface area contributed by atoms with Gasteiger partial charge in [0.2, 0.25) is 0 Å². The van der Waals surface area contributed by atoms with E-state index in [4.69, 9.17) is 14.3 Å². The first kappa shape index (κ1) is 18.2. The Morgan fingerprint density at radius 2 is 2.38 bits per heavy atom. The molecule has 0 amide bonds. The highest BCUT2D eigenvalue weighted by Gasteiger charge is 2.29. The number of ether oxygens (including phenoxy) is 1. The van der Waals surface area contributed by atoms with Gasteiger partial charge >= 0.3 is 0 Å². The first-order chi connectivity index (χ1) is 9.63. The maximum Gasteiger partial charge on any atom is 0.194 e. The van der Waals surface area contributed by atoms with E-state index in [0.29, 0.717) is 6.54 Å². The number of aliphatic imine (C=N–C) groups is 1. The van der Waals surface area contributed by atoms with Crippen molar-refractivity contribution in [2.24, 2.45) is 10.4 Å². The highest BCUT2D eigenvalue weighted by molar-refractivity contribution is 14.0. The summed E-state index contributed by atoms with van der Waals surface area (Å²) in [5.41, 5.74) is 1.06. The standard InChI is InChI=1S/C14H24N4O2.HI/c1-4-15-13(16-10-14(2)6-8-19-11-14)18(3)9-12-5-7-20-17-12;/h5,7H,4,6,8-11H2,1-3H3,(H,15,16);1H. The first-order valence-electron chi connectivity index (χ1n) is 7.09. The number of halogens is 1. The largest absolute Gasteiger partial charge is 0.381 e. The van der Waals surface area contributed by atoms with Crippen LogP contribution in [0, 0.1) is 5.41 Å². The SMILES string of the molecule is CCNC(=NCC1(C)CCOC1)N(C)Cc1ccon1.I.